The van der Waals surface area contributed by atoms with E-state index >= 15 is 0 Å². The van der Waals surface area contributed by atoms with E-state index in [2.05, 4.69) is 5.32 Å². The number of ether oxygens (including phenoxy) is 4. The number of benzene rings is 2. The van der Waals surface area contributed by atoms with Crippen molar-refractivity contribution in [3.05, 3.63) is 47.5 Å². The Bertz CT molecular complexity index is 960. The zero-order chi connectivity index (χ0) is 19.1. The maximum Gasteiger partial charge on any atom is 0.247 e. The minimum atomic E-state index is -0.535. The van der Waals surface area contributed by atoms with Gasteiger partial charge in [-0.2, -0.15) is 0 Å². The summed E-state index contributed by atoms with van der Waals surface area (Å²) < 4.78 is 21.3. The number of nitrogens with zero attached hydrogens (tertiary/aromatic N) is 1. The van der Waals surface area contributed by atoms with Crippen molar-refractivity contribution in [2.45, 2.75) is 25.6 Å². The standard InChI is InChI=1S/C20H18N2O6/c23-19-7-14(21-8-12-1-3-15-17(5-12)27-10-25-15)20(24)22(19)9-13-2-4-16-18(6-13)28-11-26-16/h1-6,14,21H,7-11H2/t14-/m0/s1. The van der Waals surface area contributed by atoms with Gasteiger partial charge in [0, 0.05) is 6.54 Å². The van der Waals surface area contributed by atoms with Crippen LogP contribution < -0.4 is 24.3 Å². The second-order valence-corrected chi connectivity index (χ2v) is 6.83. The van der Waals surface area contributed by atoms with Gasteiger partial charge in [0.25, 0.3) is 0 Å². The average Bonchev–Trinajstić information content (AvgIpc) is 3.41. The van der Waals surface area contributed by atoms with Gasteiger partial charge in [0.05, 0.1) is 19.0 Å². The Labute approximate surface area is 160 Å². The van der Waals surface area contributed by atoms with Gasteiger partial charge in [-0.3, -0.25) is 14.5 Å². The molecular formula is C20H18N2O6. The van der Waals surface area contributed by atoms with E-state index in [1.165, 1.54) is 4.90 Å². The first-order chi connectivity index (χ1) is 13.7. The van der Waals surface area contributed by atoms with E-state index in [0.29, 0.717) is 29.5 Å². The molecule has 0 aliphatic carbocycles. The number of carbonyl (C=O) groups excluding carboxylic acids is 2. The smallest absolute Gasteiger partial charge is 0.247 e. The van der Waals surface area contributed by atoms with Crippen LogP contribution in [0.15, 0.2) is 36.4 Å². The summed E-state index contributed by atoms with van der Waals surface area (Å²) in [5.41, 5.74) is 1.78. The van der Waals surface area contributed by atoms with Crippen molar-refractivity contribution < 1.29 is 28.5 Å². The summed E-state index contributed by atoms with van der Waals surface area (Å²) in [4.78, 5) is 26.4. The number of hydrogen-bond acceptors (Lipinski definition) is 7. The van der Waals surface area contributed by atoms with Gasteiger partial charge in [0.15, 0.2) is 23.0 Å². The second kappa shape index (κ2) is 6.72. The number of carbonyl (C=O) groups is 2. The molecule has 2 aromatic rings. The lowest BCUT2D eigenvalue weighted by Crippen LogP contribution is -2.38. The van der Waals surface area contributed by atoms with Gasteiger partial charge in [-0.15, -0.1) is 0 Å². The number of nitrogens with one attached hydrogen (secondary N) is 1. The topological polar surface area (TPSA) is 86.3 Å². The Morgan fingerprint density at radius 3 is 2.18 bits per heavy atom. The average molecular weight is 382 g/mol. The fourth-order valence-corrected chi connectivity index (χ4v) is 3.52. The molecule has 1 saturated heterocycles. The monoisotopic (exact) mass is 382 g/mol. The summed E-state index contributed by atoms with van der Waals surface area (Å²) in [5.74, 6) is 2.30. The second-order valence-electron chi connectivity index (χ2n) is 6.83. The minimum Gasteiger partial charge on any atom is -0.454 e. The quantitative estimate of drug-likeness (QED) is 0.786. The summed E-state index contributed by atoms with van der Waals surface area (Å²) in [6, 6.07) is 10.5. The zero-order valence-electron chi connectivity index (χ0n) is 15.0. The first-order valence-corrected chi connectivity index (χ1v) is 9.02. The Kier molecular flexibility index (Phi) is 4.05. The lowest BCUT2D eigenvalue weighted by atomic mass is 10.1. The van der Waals surface area contributed by atoms with Crippen molar-refractivity contribution in [2.24, 2.45) is 0 Å². The molecule has 144 valence electrons. The molecule has 3 heterocycles. The van der Waals surface area contributed by atoms with Crippen LogP contribution in [0, 0.1) is 0 Å². The number of likely N-dealkylation sites (tertiary alicyclic amines) is 1. The van der Waals surface area contributed by atoms with Crippen LogP contribution in [0.1, 0.15) is 17.5 Å². The molecule has 28 heavy (non-hydrogen) atoms. The largest absolute Gasteiger partial charge is 0.454 e. The highest BCUT2D eigenvalue weighted by Gasteiger charge is 2.38. The third-order valence-corrected chi connectivity index (χ3v) is 5.01. The molecule has 8 heteroatoms. The lowest BCUT2D eigenvalue weighted by Gasteiger charge is -2.16. The highest BCUT2D eigenvalue weighted by Crippen LogP contribution is 2.34. The summed E-state index contributed by atoms with van der Waals surface area (Å²) >= 11 is 0. The molecule has 0 aromatic heterocycles. The van der Waals surface area contributed by atoms with E-state index < -0.39 is 6.04 Å². The molecule has 0 radical (unpaired) electrons. The SMILES string of the molecule is O=C1C[C@H](NCc2ccc3c(c2)OCO3)C(=O)N1Cc1ccc2c(c1)OCO2. The molecule has 5 rings (SSSR count). The van der Waals surface area contributed by atoms with Gasteiger partial charge in [0.2, 0.25) is 25.4 Å². The summed E-state index contributed by atoms with van der Waals surface area (Å²) in [6.45, 7) is 1.08. The Morgan fingerprint density at radius 1 is 0.857 bits per heavy atom. The number of hydrogen-bond donors (Lipinski definition) is 1. The summed E-state index contributed by atoms with van der Waals surface area (Å²) in [5, 5.41) is 3.17. The molecule has 2 amide bonds. The van der Waals surface area contributed by atoms with Crippen LogP contribution in [-0.4, -0.2) is 36.3 Å². The van der Waals surface area contributed by atoms with Gasteiger partial charge in [-0.25, -0.2) is 0 Å². The fraction of sp³-hybridized carbons (Fsp3) is 0.300. The minimum absolute atomic E-state index is 0.147. The Balaban J connectivity index is 1.23. The van der Waals surface area contributed by atoms with E-state index in [-0.39, 0.29) is 38.4 Å². The number of fused-ring (bicyclic) bond motifs is 2. The van der Waals surface area contributed by atoms with Gasteiger partial charge < -0.3 is 24.3 Å². The van der Waals surface area contributed by atoms with E-state index in [4.69, 9.17) is 18.9 Å². The van der Waals surface area contributed by atoms with Crippen molar-refractivity contribution in [2.75, 3.05) is 13.6 Å². The molecule has 0 bridgehead atoms. The van der Waals surface area contributed by atoms with Crippen LogP contribution in [0.4, 0.5) is 0 Å². The van der Waals surface area contributed by atoms with Crippen molar-refractivity contribution >= 4 is 11.8 Å². The predicted molar refractivity (Wildman–Crippen MR) is 95.9 cm³/mol. The van der Waals surface area contributed by atoms with E-state index in [1.807, 2.05) is 24.3 Å². The summed E-state index contributed by atoms with van der Waals surface area (Å²) in [6.07, 6.45) is 0.147. The zero-order valence-corrected chi connectivity index (χ0v) is 15.0. The first-order valence-electron chi connectivity index (χ1n) is 9.02. The summed E-state index contributed by atoms with van der Waals surface area (Å²) in [7, 11) is 0. The molecule has 1 fully saturated rings. The normalized spacial score (nSPS) is 19.6. The third-order valence-electron chi connectivity index (χ3n) is 5.01. The predicted octanol–water partition coefficient (Wildman–Crippen LogP) is 1.56. The van der Waals surface area contributed by atoms with Gasteiger partial charge >= 0.3 is 0 Å². The highest BCUT2D eigenvalue weighted by molar-refractivity contribution is 6.05. The van der Waals surface area contributed by atoms with Crippen molar-refractivity contribution in [3.63, 3.8) is 0 Å². The number of rotatable bonds is 5. The van der Waals surface area contributed by atoms with Crippen LogP contribution in [0.25, 0.3) is 0 Å². The first kappa shape index (κ1) is 16.9. The molecule has 2 aromatic carbocycles. The van der Waals surface area contributed by atoms with Gasteiger partial charge in [-0.1, -0.05) is 12.1 Å². The maximum atomic E-state index is 12.7. The van der Waals surface area contributed by atoms with Crippen LogP contribution in [-0.2, 0) is 22.7 Å². The molecule has 0 spiro atoms. The van der Waals surface area contributed by atoms with Gasteiger partial charge in [0.1, 0.15) is 0 Å². The number of amides is 2. The van der Waals surface area contributed by atoms with E-state index in [9.17, 15) is 9.59 Å². The molecule has 8 nitrogen and oxygen atoms in total. The molecule has 3 aliphatic heterocycles. The van der Waals surface area contributed by atoms with E-state index in [1.54, 1.807) is 12.1 Å². The van der Waals surface area contributed by atoms with Gasteiger partial charge in [-0.05, 0) is 35.4 Å². The van der Waals surface area contributed by atoms with Crippen LogP contribution in [0.2, 0.25) is 0 Å². The molecular weight excluding hydrogens is 364 g/mol. The molecule has 1 atom stereocenters. The molecule has 1 N–H and O–H groups in total. The fourth-order valence-electron chi connectivity index (χ4n) is 3.52. The van der Waals surface area contributed by atoms with Crippen molar-refractivity contribution in [3.8, 4) is 23.0 Å². The van der Waals surface area contributed by atoms with Crippen LogP contribution in [0.3, 0.4) is 0 Å². The van der Waals surface area contributed by atoms with E-state index in [0.717, 1.165) is 11.1 Å². The highest BCUT2D eigenvalue weighted by atomic mass is 16.7. The third kappa shape index (κ3) is 3.01. The van der Waals surface area contributed by atoms with Crippen LogP contribution in [0.5, 0.6) is 23.0 Å². The van der Waals surface area contributed by atoms with Crippen molar-refractivity contribution in [1.29, 1.82) is 0 Å². The van der Waals surface area contributed by atoms with Crippen LogP contribution >= 0.6 is 0 Å². The lowest BCUT2D eigenvalue weighted by molar-refractivity contribution is -0.139. The Hall–Kier alpha value is -3.26. The molecule has 0 saturated carbocycles. The molecule has 3 aliphatic rings. The maximum absolute atomic E-state index is 12.7. The number of imide groups is 1. The van der Waals surface area contributed by atoms with Crippen molar-refractivity contribution in [1.82, 2.24) is 10.2 Å². The Morgan fingerprint density at radius 2 is 1.46 bits per heavy atom. The molecule has 0 unspecified atom stereocenters.